The molecule has 0 radical (unpaired) electrons. The second-order valence-corrected chi connectivity index (χ2v) is 4.45. The Morgan fingerprint density at radius 1 is 1.50 bits per heavy atom. The van der Waals surface area contributed by atoms with E-state index in [0.29, 0.717) is 6.54 Å². The van der Waals surface area contributed by atoms with Gasteiger partial charge in [0.25, 0.3) is 0 Å². The lowest BCUT2D eigenvalue weighted by Gasteiger charge is -2.36. The highest BCUT2D eigenvalue weighted by Gasteiger charge is 2.23. The summed E-state index contributed by atoms with van der Waals surface area (Å²) in [4.78, 5) is 2.32. The van der Waals surface area contributed by atoms with Gasteiger partial charge in [0.2, 0.25) is 0 Å². The van der Waals surface area contributed by atoms with Crippen LogP contribution in [0.1, 0.15) is 13.8 Å². The number of hydrogen-bond acceptors (Lipinski definition) is 4. The van der Waals surface area contributed by atoms with Gasteiger partial charge in [-0.1, -0.05) is 0 Å². The van der Waals surface area contributed by atoms with Gasteiger partial charge in [-0.25, -0.2) is 0 Å². The fourth-order valence-electron chi connectivity index (χ4n) is 1.64. The highest BCUT2D eigenvalue weighted by Crippen LogP contribution is 2.08. The molecule has 1 saturated heterocycles. The molecule has 0 aromatic rings. The van der Waals surface area contributed by atoms with Crippen LogP contribution >= 0.6 is 12.4 Å². The third-order valence-corrected chi connectivity index (χ3v) is 2.12. The topological polar surface area (TPSA) is 64.5 Å². The zero-order chi connectivity index (χ0) is 9.90. The Kier molecular flexibility index (Phi) is 5.93. The summed E-state index contributed by atoms with van der Waals surface area (Å²) in [7, 11) is 0. The van der Waals surface area contributed by atoms with Crippen LogP contribution in [0.4, 0.5) is 0 Å². The average molecular weight is 224 g/mol. The number of morpholine rings is 1. The fourth-order valence-corrected chi connectivity index (χ4v) is 1.64. The van der Waals surface area contributed by atoms with E-state index in [4.69, 9.17) is 16.2 Å². The SMILES string of the molecule is CC(C)(N)CN1CCOC(CN)C1.Cl. The minimum absolute atomic E-state index is 0. The molecular formula is C9H22ClN3O. The highest BCUT2D eigenvalue weighted by molar-refractivity contribution is 5.85. The number of hydrogen-bond donors (Lipinski definition) is 2. The van der Waals surface area contributed by atoms with E-state index in [0.717, 1.165) is 26.2 Å². The molecule has 4 N–H and O–H groups in total. The third-order valence-electron chi connectivity index (χ3n) is 2.12. The van der Waals surface area contributed by atoms with Crippen molar-refractivity contribution in [3.63, 3.8) is 0 Å². The van der Waals surface area contributed by atoms with Gasteiger partial charge in [0.1, 0.15) is 0 Å². The minimum Gasteiger partial charge on any atom is -0.374 e. The van der Waals surface area contributed by atoms with E-state index < -0.39 is 0 Å². The lowest BCUT2D eigenvalue weighted by molar-refractivity contribution is -0.0279. The van der Waals surface area contributed by atoms with Gasteiger partial charge in [-0.05, 0) is 13.8 Å². The van der Waals surface area contributed by atoms with Crippen molar-refractivity contribution in [2.75, 3.05) is 32.8 Å². The zero-order valence-corrected chi connectivity index (χ0v) is 9.85. The van der Waals surface area contributed by atoms with Crippen molar-refractivity contribution in [3.8, 4) is 0 Å². The van der Waals surface area contributed by atoms with Crippen molar-refractivity contribution >= 4 is 12.4 Å². The molecule has 1 unspecified atom stereocenters. The van der Waals surface area contributed by atoms with Crippen LogP contribution in [0.25, 0.3) is 0 Å². The number of halogens is 1. The largest absolute Gasteiger partial charge is 0.374 e. The Hall–Kier alpha value is 0.130. The Morgan fingerprint density at radius 3 is 2.64 bits per heavy atom. The van der Waals surface area contributed by atoms with Crippen LogP contribution in [0, 0.1) is 0 Å². The molecule has 1 aliphatic rings. The summed E-state index contributed by atoms with van der Waals surface area (Å²) in [5.74, 6) is 0. The molecule has 1 aliphatic heterocycles. The second kappa shape index (κ2) is 5.88. The first kappa shape index (κ1) is 14.1. The van der Waals surface area contributed by atoms with Gasteiger partial charge in [-0.15, -0.1) is 12.4 Å². The predicted molar refractivity (Wildman–Crippen MR) is 60.7 cm³/mol. The second-order valence-electron chi connectivity index (χ2n) is 4.45. The van der Waals surface area contributed by atoms with Crippen molar-refractivity contribution in [1.82, 2.24) is 4.90 Å². The van der Waals surface area contributed by atoms with Gasteiger partial charge < -0.3 is 16.2 Å². The molecule has 0 aliphatic carbocycles. The Labute approximate surface area is 92.4 Å². The predicted octanol–water partition coefficient (Wildman–Crippen LogP) is -0.195. The normalized spacial score (nSPS) is 24.4. The molecule has 14 heavy (non-hydrogen) atoms. The van der Waals surface area contributed by atoms with Crippen molar-refractivity contribution < 1.29 is 4.74 Å². The van der Waals surface area contributed by atoms with Gasteiger partial charge in [0.15, 0.2) is 0 Å². The van der Waals surface area contributed by atoms with E-state index in [1.165, 1.54) is 0 Å². The molecule has 1 atom stereocenters. The van der Waals surface area contributed by atoms with Crippen LogP contribution in [0.3, 0.4) is 0 Å². The molecule has 0 amide bonds. The standard InChI is InChI=1S/C9H21N3O.ClH/c1-9(2,11)7-12-3-4-13-8(5-10)6-12;/h8H,3-7,10-11H2,1-2H3;1H. The first-order valence-corrected chi connectivity index (χ1v) is 4.84. The number of nitrogens with zero attached hydrogens (tertiary/aromatic N) is 1. The van der Waals surface area contributed by atoms with Crippen LogP contribution in [0.15, 0.2) is 0 Å². The molecule has 1 fully saturated rings. The van der Waals surface area contributed by atoms with Gasteiger partial charge in [0.05, 0.1) is 12.7 Å². The molecule has 4 nitrogen and oxygen atoms in total. The number of ether oxygens (including phenoxy) is 1. The van der Waals surface area contributed by atoms with Crippen molar-refractivity contribution in [2.45, 2.75) is 25.5 Å². The third kappa shape index (κ3) is 5.12. The summed E-state index contributed by atoms with van der Waals surface area (Å²) in [5.41, 5.74) is 11.4. The van der Waals surface area contributed by atoms with E-state index in [2.05, 4.69) is 4.90 Å². The Balaban J connectivity index is 0.00000169. The zero-order valence-electron chi connectivity index (χ0n) is 9.03. The quantitative estimate of drug-likeness (QED) is 0.696. The first-order valence-electron chi connectivity index (χ1n) is 4.84. The monoisotopic (exact) mass is 223 g/mol. The lowest BCUT2D eigenvalue weighted by Crippen LogP contribution is -2.52. The van der Waals surface area contributed by atoms with Crippen molar-refractivity contribution in [3.05, 3.63) is 0 Å². The van der Waals surface area contributed by atoms with Crippen LogP contribution < -0.4 is 11.5 Å². The van der Waals surface area contributed by atoms with Gasteiger partial charge in [-0.2, -0.15) is 0 Å². The summed E-state index contributed by atoms with van der Waals surface area (Å²) in [6.45, 7) is 8.25. The molecule has 0 spiro atoms. The molecule has 5 heteroatoms. The van der Waals surface area contributed by atoms with Gasteiger partial charge in [-0.3, -0.25) is 4.90 Å². The minimum atomic E-state index is -0.128. The van der Waals surface area contributed by atoms with Gasteiger partial charge >= 0.3 is 0 Å². The Bertz CT molecular complexity index is 161. The summed E-state index contributed by atoms with van der Waals surface area (Å²) in [6, 6.07) is 0. The summed E-state index contributed by atoms with van der Waals surface area (Å²) in [6.07, 6.45) is 0.191. The van der Waals surface area contributed by atoms with Crippen LogP contribution in [0.5, 0.6) is 0 Å². The fraction of sp³-hybridized carbons (Fsp3) is 1.00. The van der Waals surface area contributed by atoms with Crippen molar-refractivity contribution in [1.29, 1.82) is 0 Å². The molecule has 0 saturated carbocycles. The van der Waals surface area contributed by atoms with E-state index in [1.807, 2.05) is 13.8 Å². The van der Waals surface area contributed by atoms with E-state index >= 15 is 0 Å². The summed E-state index contributed by atoms with van der Waals surface area (Å²) < 4.78 is 5.46. The summed E-state index contributed by atoms with van der Waals surface area (Å²) in [5, 5.41) is 0. The van der Waals surface area contributed by atoms with E-state index in [9.17, 15) is 0 Å². The van der Waals surface area contributed by atoms with Crippen LogP contribution in [-0.2, 0) is 4.74 Å². The molecular weight excluding hydrogens is 202 g/mol. The smallest absolute Gasteiger partial charge is 0.0824 e. The highest BCUT2D eigenvalue weighted by atomic mass is 35.5. The molecule has 0 aromatic carbocycles. The molecule has 86 valence electrons. The Morgan fingerprint density at radius 2 is 2.14 bits per heavy atom. The van der Waals surface area contributed by atoms with Crippen LogP contribution in [-0.4, -0.2) is 49.3 Å². The van der Waals surface area contributed by atoms with E-state index in [1.54, 1.807) is 0 Å². The van der Waals surface area contributed by atoms with Gasteiger partial charge in [0, 0.05) is 31.7 Å². The molecule has 0 bridgehead atoms. The molecule has 0 aromatic heterocycles. The maximum atomic E-state index is 5.94. The first-order chi connectivity index (χ1) is 6.01. The average Bonchev–Trinajstić information content (AvgIpc) is 2.01. The lowest BCUT2D eigenvalue weighted by atomic mass is 10.1. The maximum Gasteiger partial charge on any atom is 0.0824 e. The summed E-state index contributed by atoms with van der Waals surface area (Å²) >= 11 is 0. The molecule has 1 rings (SSSR count). The van der Waals surface area contributed by atoms with Crippen molar-refractivity contribution in [2.24, 2.45) is 11.5 Å². The molecule has 1 heterocycles. The number of nitrogens with two attached hydrogens (primary N) is 2. The van der Waals surface area contributed by atoms with Crippen LogP contribution in [0.2, 0.25) is 0 Å². The van der Waals surface area contributed by atoms with E-state index in [-0.39, 0.29) is 24.0 Å². The number of rotatable bonds is 3. The maximum absolute atomic E-state index is 5.94.